The van der Waals surface area contributed by atoms with Crippen LogP contribution in [0.4, 0.5) is 0 Å². The molecular weight excluding hydrogens is 295 g/mol. The molecule has 1 atom stereocenters. The number of hydrogen-bond acceptors (Lipinski definition) is 4. The van der Waals surface area contributed by atoms with E-state index in [1.807, 2.05) is 0 Å². The molecule has 0 aliphatic carbocycles. The molecule has 0 bridgehead atoms. The van der Waals surface area contributed by atoms with E-state index in [-0.39, 0.29) is 57.3 Å². The molecule has 1 amide bonds. The van der Waals surface area contributed by atoms with Gasteiger partial charge in [0.15, 0.2) is 0 Å². The maximum atomic E-state index is 11.4. The summed E-state index contributed by atoms with van der Waals surface area (Å²) in [5.74, 6) is -1.39. The summed E-state index contributed by atoms with van der Waals surface area (Å²) in [6.45, 7) is 3.64. The van der Waals surface area contributed by atoms with E-state index in [4.69, 9.17) is 0 Å². The molecule has 5 nitrogen and oxygen atoms in total. The van der Waals surface area contributed by atoms with Crippen molar-refractivity contribution in [2.24, 2.45) is 0 Å². The number of nitrogens with one attached hydrogen (secondary N) is 2. The zero-order valence-corrected chi connectivity index (χ0v) is 17.0. The Kier molecular flexibility index (Phi) is 19.2. The molecule has 6 heteroatoms. The second kappa shape index (κ2) is 16.9. The van der Waals surface area contributed by atoms with Crippen molar-refractivity contribution in [1.29, 1.82) is 0 Å². The molecule has 21 heavy (non-hydrogen) atoms. The van der Waals surface area contributed by atoms with Gasteiger partial charge in [0.25, 0.3) is 0 Å². The molecule has 118 valence electrons. The summed E-state index contributed by atoms with van der Waals surface area (Å²) in [4.78, 5) is 21.8. The van der Waals surface area contributed by atoms with Gasteiger partial charge in [0.1, 0.15) is 0 Å². The summed E-state index contributed by atoms with van der Waals surface area (Å²) in [5.41, 5.74) is 4.78. The largest absolute Gasteiger partial charge is 1.00 e. The zero-order valence-electron chi connectivity index (χ0n) is 13.9. The minimum atomic E-state index is -1.23. The van der Waals surface area contributed by atoms with Crippen molar-refractivity contribution in [3.05, 3.63) is 0 Å². The average Bonchev–Trinajstić information content (AvgIpc) is 2.42. The van der Waals surface area contributed by atoms with Crippen LogP contribution in [0.5, 0.6) is 0 Å². The van der Waals surface area contributed by atoms with Gasteiger partial charge in [-0.2, -0.15) is 0 Å². The van der Waals surface area contributed by atoms with Gasteiger partial charge in [0.05, 0.1) is 12.0 Å². The molecule has 0 rings (SSSR count). The van der Waals surface area contributed by atoms with Crippen molar-refractivity contribution in [3.63, 3.8) is 0 Å². The molecule has 2 N–H and O–H groups in total. The predicted molar refractivity (Wildman–Crippen MR) is 77.6 cm³/mol. The fourth-order valence-corrected chi connectivity index (χ4v) is 1.91. The van der Waals surface area contributed by atoms with Crippen molar-refractivity contribution in [2.75, 3.05) is 0 Å². The molecule has 0 aliphatic rings. The van der Waals surface area contributed by atoms with E-state index in [0.717, 1.165) is 12.8 Å². The molecule has 0 radical (unpaired) electrons. The fraction of sp³-hybridized carbons (Fsp3) is 0.867. The van der Waals surface area contributed by atoms with Crippen LogP contribution >= 0.6 is 0 Å². The van der Waals surface area contributed by atoms with Crippen LogP contribution in [-0.4, -0.2) is 17.9 Å². The Hall–Kier alpha value is 0.536. The Bertz CT molecular complexity index is 276. The molecule has 0 aromatic carbocycles. The third kappa shape index (κ3) is 16.7. The Morgan fingerprint density at radius 2 is 1.43 bits per heavy atom. The van der Waals surface area contributed by atoms with Gasteiger partial charge in [-0.25, -0.2) is 5.43 Å². The molecule has 0 saturated heterocycles. The second-order valence-electron chi connectivity index (χ2n) is 5.31. The Morgan fingerprint density at radius 1 is 0.952 bits per heavy atom. The van der Waals surface area contributed by atoms with Crippen LogP contribution in [0.25, 0.3) is 0 Å². The molecule has 0 aromatic rings. The van der Waals surface area contributed by atoms with E-state index in [1.165, 1.54) is 51.9 Å². The quantitative estimate of drug-likeness (QED) is 0.250. The Balaban J connectivity index is 0. The van der Waals surface area contributed by atoms with E-state index in [1.54, 1.807) is 0 Å². The topological polar surface area (TPSA) is 81.3 Å². The third-order valence-corrected chi connectivity index (χ3v) is 3.29. The third-order valence-electron chi connectivity index (χ3n) is 3.29. The zero-order chi connectivity index (χ0) is 15.2. The number of carboxylic acid groups (broad SMARTS) is 1. The van der Waals surface area contributed by atoms with Crippen LogP contribution in [0.3, 0.4) is 0 Å². The number of aliphatic carboxylic acids is 1. The molecule has 0 unspecified atom stereocenters. The van der Waals surface area contributed by atoms with Gasteiger partial charge < -0.3 is 9.90 Å². The number of rotatable bonds is 13. The molecule has 0 heterocycles. The summed E-state index contributed by atoms with van der Waals surface area (Å²) in [5, 5.41) is 10.4. The number of amides is 1. The molecular formula is C15H29KN2O3. The van der Waals surface area contributed by atoms with Crippen molar-refractivity contribution < 1.29 is 66.1 Å². The number of hydrazine groups is 1. The first kappa shape index (κ1) is 23.8. The van der Waals surface area contributed by atoms with Gasteiger partial charge in [0.2, 0.25) is 5.91 Å². The smallest absolute Gasteiger partial charge is 0.548 e. The molecule has 0 aromatic heterocycles. The van der Waals surface area contributed by atoms with E-state index < -0.39 is 12.0 Å². The minimum Gasteiger partial charge on any atom is -0.548 e. The fourth-order valence-electron chi connectivity index (χ4n) is 1.91. The number of carbonyl (C=O) groups is 2. The number of carbonyl (C=O) groups excluding carboxylic acids is 2. The van der Waals surface area contributed by atoms with Crippen LogP contribution in [-0.2, 0) is 9.59 Å². The Morgan fingerprint density at radius 3 is 1.90 bits per heavy atom. The first-order valence-corrected chi connectivity index (χ1v) is 7.83. The molecule has 0 saturated carbocycles. The van der Waals surface area contributed by atoms with Crippen molar-refractivity contribution >= 4 is 11.9 Å². The molecule has 0 fully saturated rings. The standard InChI is InChI=1S/C15H30N2O3.K/c1-3-4-5-6-7-8-9-10-11-12-14(18)17-16-13(2)15(19)20;/h13,16H,3-12H2,1-2H3,(H,17,18)(H,19,20);/q;+1/p-1/t13-;/m0./s1. The maximum absolute atomic E-state index is 11.4. The molecule has 0 spiro atoms. The van der Waals surface area contributed by atoms with Crippen LogP contribution in [0.15, 0.2) is 0 Å². The van der Waals surface area contributed by atoms with Crippen LogP contribution in [0, 0.1) is 0 Å². The number of carboxylic acids is 1. The average molecular weight is 325 g/mol. The monoisotopic (exact) mass is 324 g/mol. The van der Waals surface area contributed by atoms with E-state index in [0.29, 0.717) is 6.42 Å². The van der Waals surface area contributed by atoms with Crippen LogP contribution < -0.4 is 67.3 Å². The minimum absolute atomic E-state index is 0. The number of hydrogen-bond donors (Lipinski definition) is 2. The van der Waals surface area contributed by atoms with Crippen molar-refractivity contribution in [1.82, 2.24) is 10.9 Å². The predicted octanol–water partition coefficient (Wildman–Crippen LogP) is -1.33. The Labute approximate surface area is 171 Å². The van der Waals surface area contributed by atoms with Gasteiger partial charge in [-0.15, -0.1) is 0 Å². The summed E-state index contributed by atoms with van der Waals surface area (Å²) in [7, 11) is 0. The first-order valence-electron chi connectivity index (χ1n) is 7.83. The van der Waals surface area contributed by atoms with Gasteiger partial charge in [0, 0.05) is 6.42 Å². The summed E-state index contributed by atoms with van der Waals surface area (Å²) in [6.07, 6.45) is 11.3. The van der Waals surface area contributed by atoms with Crippen molar-refractivity contribution in [2.45, 2.75) is 84.1 Å². The van der Waals surface area contributed by atoms with Crippen molar-refractivity contribution in [3.8, 4) is 0 Å². The summed E-state index contributed by atoms with van der Waals surface area (Å²) in [6, 6.07) is -0.873. The summed E-state index contributed by atoms with van der Waals surface area (Å²) >= 11 is 0. The van der Waals surface area contributed by atoms with E-state index >= 15 is 0 Å². The van der Waals surface area contributed by atoms with Crippen LogP contribution in [0.2, 0.25) is 0 Å². The van der Waals surface area contributed by atoms with E-state index in [2.05, 4.69) is 17.8 Å². The van der Waals surface area contributed by atoms with Gasteiger partial charge in [-0.1, -0.05) is 58.3 Å². The van der Waals surface area contributed by atoms with Gasteiger partial charge >= 0.3 is 51.4 Å². The first-order chi connectivity index (χ1) is 9.57. The second-order valence-corrected chi connectivity index (χ2v) is 5.31. The van der Waals surface area contributed by atoms with Gasteiger partial charge in [-0.3, -0.25) is 10.2 Å². The normalized spacial score (nSPS) is 11.5. The SMILES string of the molecule is CCCCCCCCCCCC(=O)NN[C@@H](C)C(=O)[O-].[K+]. The maximum Gasteiger partial charge on any atom is 1.00 e. The summed E-state index contributed by atoms with van der Waals surface area (Å²) < 4.78 is 0. The molecule has 0 aliphatic heterocycles. The van der Waals surface area contributed by atoms with Gasteiger partial charge in [-0.05, 0) is 13.3 Å². The number of unbranched alkanes of at least 4 members (excludes halogenated alkanes) is 8. The van der Waals surface area contributed by atoms with E-state index in [9.17, 15) is 14.7 Å². The van der Waals surface area contributed by atoms with Crippen LogP contribution in [0.1, 0.15) is 78.1 Å².